The van der Waals surface area contributed by atoms with Crippen molar-refractivity contribution in [2.75, 3.05) is 12.4 Å². The van der Waals surface area contributed by atoms with Gasteiger partial charge < -0.3 is 10.1 Å². The van der Waals surface area contributed by atoms with Crippen LogP contribution in [0.5, 0.6) is 5.75 Å². The zero-order chi connectivity index (χ0) is 22.8. The van der Waals surface area contributed by atoms with Crippen molar-refractivity contribution >= 4 is 22.7 Å². The number of hydrogen-bond donors (Lipinski definition) is 1. The highest BCUT2D eigenvalue weighted by molar-refractivity contribution is 5.95. The molecule has 1 N–H and O–H groups in total. The molecule has 0 radical (unpaired) electrons. The molecule has 1 aliphatic rings. The van der Waals surface area contributed by atoms with Gasteiger partial charge in [-0.2, -0.15) is 5.10 Å². The number of rotatable bonds is 6. The van der Waals surface area contributed by atoms with E-state index < -0.39 is 0 Å². The van der Waals surface area contributed by atoms with Crippen molar-refractivity contribution in [3.63, 3.8) is 0 Å². The van der Waals surface area contributed by atoms with Crippen LogP contribution < -0.4 is 10.1 Å². The molecule has 170 valence electrons. The van der Waals surface area contributed by atoms with E-state index in [9.17, 15) is 0 Å². The van der Waals surface area contributed by atoms with Crippen LogP contribution in [0.3, 0.4) is 0 Å². The Balaban J connectivity index is 1.53. The molecule has 1 saturated carbocycles. The van der Waals surface area contributed by atoms with Crippen LogP contribution in [0.4, 0.5) is 11.8 Å². The molecule has 2 heterocycles. The minimum atomic E-state index is 0.245. The molecule has 0 spiro atoms. The molecule has 2 aromatic heterocycles. The minimum absolute atomic E-state index is 0.245. The van der Waals surface area contributed by atoms with Crippen molar-refractivity contribution in [2.24, 2.45) is 0 Å². The number of ether oxygens (including phenoxy) is 1. The number of nitrogens with one attached hydrogen (secondary N) is 1. The van der Waals surface area contributed by atoms with Crippen LogP contribution in [0.2, 0.25) is 0 Å². The van der Waals surface area contributed by atoms with Gasteiger partial charge in [0.15, 0.2) is 0 Å². The van der Waals surface area contributed by atoms with E-state index in [1.54, 1.807) is 7.11 Å². The summed E-state index contributed by atoms with van der Waals surface area (Å²) < 4.78 is 7.67. The molecule has 1 aliphatic carbocycles. The molecule has 2 aromatic carbocycles. The molecule has 0 atom stereocenters. The summed E-state index contributed by atoms with van der Waals surface area (Å²) in [6.45, 7) is 4.31. The van der Waals surface area contributed by atoms with Crippen LogP contribution in [0, 0.1) is 0 Å². The van der Waals surface area contributed by atoms with Crippen LogP contribution in [0.15, 0.2) is 54.7 Å². The van der Waals surface area contributed by atoms with E-state index in [4.69, 9.17) is 14.8 Å². The average Bonchev–Trinajstić information content (AvgIpc) is 3.28. The van der Waals surface area contributed by atoms with Gasteiger partial charge in [0.25, 0.3) is 0 Å². The lowest BCUT2D eigenvalue weighted by Gasteiger charge is -2.19. The van der Waals surface area contributed by atoms with Crippen LogP contribution in [-0.4, -0.2) is 26.9 Å². The first-order valence-corrected chi connectivity index (χ1v) is 11.9. The molecular weight excluding hydrogens is 410 g/mol. The lowest BCUT2D eigenvalue weighted by molar-refractivity contribution is 0.416. The first kappa shape index (κ1) is 21.4. The molecule has 0 bridgehead atoms. The molecule has 33 heavy (non-hydrogen) atoms. The van der Waals surface area contributed by atoms with Crippen LogP contribution in [0.1, 0.15) is 63.6 Å². The van der Waals surface area contributed by atoms with Gasteiger partial charge in [-0.1, -0.05) is 55.7 Å². The highest BCUT2D eigenvalue weighted by Crippen LogP contribution is 2.36. The second kappa shape index (κ2) is 9.22. The number of methoxy groups -OCH3 is 1. The molecule has 6 heteroatoms. The predicted octanol–water partition coefficient (Wildman–Crippen LogP) is 6.87. The zero-order valence-electron chi connectivity index (χ0n) is 19.6. The smallest absolute Gasteiger partial charge is 0.228 e. The first-order valence-electron chi connectivity index (χ1n) is 11.9. The summed E-state index contributed by atoms with van der Waals surface area (Å²) in [6, 6.07) is 16.6. The van der Waals surface area contributed by atoms with Gasteiger partial charge in [0.05, 0.1) is 18.3 Å². The highest BCUT2D eigenvalue weighted by atomic mass is 16.5. The SMILES string of the molecule is COc1ccccc1-c1cccc2cnc(Nc3cc(C4CCCCC4)nn3C(C)C)nc12. The van der Waals surface area contributed by atoms with E-state index in [0.29, 0.717) is 11.9 Å². The third kappa shape index (κ3) is 4.30. The number of nitrogens with zero attached hydrogens (tertiary/aromatic N) is 4. The maximum atomic E-state index is 5.61. The van der Waals surface area contributed by atoms with Crippen LogP contribution >= 0.6 is 0 Å². The molecular formula is C27H31N5O. The summed E-state index contributed by atoms with van der Waals surface area (Å²) in [5.41, 5.74) is 4.11. The van der Waals surface area contributed by atoms with Gasteiger partial charge in [-0.15, -0.1) is 0 Å². The van der Waals surface area contributed by atoms with Gasteiger partial charge in [-0.25, -0.2) is 14.6 Å². The van der Waals surface area contributed by atoms with Gasteiger partial charge >= 0.3 is 0 Å². The molecule has 0 aliphatic heterocycles. The molecule has 0 amide bonds. The maximum absolute atomic E-state index is 5.61. The number of hydrogen-bond acceptors (Lipinski definition) is 5. The molecule has 1 fully saturated rings. The van der Waals surface area contributed by atoms with E-state index in [2.05, 4.69) is 47.0 Å². The number of aromatic nitrogens is 4. The topological polar surface area (TPSA) is 64.9 Å². The third-order valence-corrected chi connectivity index (χ3v) is 6.52. The summed E-state index contributed by atoms with van der Waals surface area (Å²) in [4.78, 5) is 9.53. The summed E-state index contributed by atoms with van der Waals surface area (Å²) in [5, 5.41) is 9.41. The van der Waals surface area contributed by atoms with Crippen molar-refractivity contribution < 1.29 is 4.74 Å². The number of para-hydroxylation sites is 2. The summed E-state index contributed by atoms with van der Waals surface area (Å²) in [6.07, 6.45) is 8.25. The fraction of sp³-hybridized carbons (Fsp3) is 0.370. The average molecular weight is 442 g/mol. The molecule has 0 saturated heterocycles. The van der Waals surface area contributed by atoms with Gasteiger partial charge in [-0.05, 0) is 32.8 Å². The summed E-state index contributed by atoms with van der Waals surface area (Å²) in [5.74, 6) is 2.89. The quantitative estimate of drug-likeness (QED) is 0.353. The van der Waals surface area contributed by atoms with Crippen molar-refractivity contribution in [3.8, 4) is 16.9 Å². The summed E-state index contributed by atoms with van der Waals surface area (Å²) >= 11 is 0. The van der Waals surface area contributed by atoms with E-state index in [0.717, 1.165) is 33.6 Å². The Morgan fingerprint density at radius 3 is 2.58 bits per heavy atom. The van der Waals surface area contributed by atoms with E-state index in [-0.39, 0.29) is 6.04 Å². The Morgan fingerprint density at radius 2 is 1.79 bits per heavy atom. The second-order valence-electron chi connectivity index (χ2n) is 9.09. The summed E-state index contributed by atoms with van der Waals surface area (Å²) in [7, 11) is 1.70. The fourth-order valence-electron chi connectivity index (χ4n) is 4.81. The Bertz CT molecular complexity index is 1260. The van der Waals surface area contributed by atoms with Gasteiger partial charge in [-0.3, -0.25) is 0 Å². The highest BCUT2D eigenvalue weighted by Gasteiger charge is 2.21. The van der Waals surface area contributed by atoms with Crippen LogP contribution in [0.25, 0.3) is 22.0 Å². The van der Waals surface area contributed by atoms with E-state index >= 15 is 0 Å². The van der Waals surface area contributed by atoms with Crippen molar-refractivity contribution in [1.82, 2.24) is 19.7 Å². The van der Waals surface area contributed by atoms with Gasteiger partial charge in [0, 0.05) is 40.7 Å². The monoisotopic (exact) mass is 441 g/mol. The second-order valence-corrected chi connectivity index (χ2v) is 9.09. The fourth-order valence-corrected chi connectivity index (χ4v) is 4.81. The standard InChI is InChI=1S/C27H31N5O/c1-18(2)32-25(16-23(31-32)19-10-5-4-6-11-19)29-27-28-17-20-12-9-14-22(26(20)30-27)21-13-7-8-15-24(21)33-3/h7-9,12-19H,4-6,10-11H2,1-3H3,(H,28,29,30). The lowest BCUT2D eigenvalue weighted by Crippen LogP contribution is -2.10. The van der Waals surface area contributed by atoms with E-state index in [1.807, 2.05) is 36.5 Å². The predicted molar refractivity (Wildman–Crippen MR) is 133 cm³/mol. The number of fused-ring (bicyclic) bond motifs is 1. The Kier molecular flexibility index (Phi) is 5.99. The lowest BCUT2D eigenvalue weighted by atomic mass is 9.87. The van der Waals surface area contributed by atoms with Crippen molar-refractivity contribution in [3.05, 3.63) is 60.4 Å². The Morgan fingerprint density at radius 1 is 1.00 bits per heavy atom. The zero-order valence-corrected chi connectivity index (χ0v) is 19.6. The Labute approximate surface area is 195 Å². The first-order chi connectivity index (χ1) is 16.1. The normalized spacial score (nSPS) is 14.7. The Hall–Kier alpha value is -3.41. The van der Waals surface area contributed by atoms with E-state index in [1.165, 1.54) is 37.8 Å². The number of benzene rings is 2. The van der Waals surface area contributed by atoms with Gasteiger partial charge in [0.2, 0.25) is 5.95 Å². The van der Waals surface area contributed by atoms with Crippen molar-refractivity contribution in [2.45, 2.75) is 57.9 Å². The third-order valence-electron chi connectivity index (χ3n) is 6.52. The number of anilines is 2. The largest absolute Gasteiger partial charge is 0.496 e. The molecule has 5 rings (SSSR count). The van der Waals surface area contributed by atoms with Gasteiger partial charge in [0.1, 0.15) is 11.6 Å². The van der Waals surface area contributed by atoms with Crippen molar-refractivity contribution in [1.29, 1.82) is 0 Å². The maximum Gasteiger partial charge on any atom is 0.228 e. The minimum Gasteiger partial charge on any atom is -0.496 e. The van der Waals surface area contributed by atoms with Crippen LogP contribution in [-0.2, 0) is 0 Å². The molecule has 6 nitrogen and oxygen atoms in total. The molecule has 0 unspecified atom stereocenters. The molecule has 4 aromatic rings.